The van der Waals surface area contributed by atoms with E-state index in [-0.39, 0.29) is 17.6 Å². The molecule has 0 unspecified atom stereocenters. The zero-order valence-electron chi connectivity index (χ0n) is 13.7. The molecule has 2 aliphatic carbocycles. The molecule has 24 heavy (non-hydrogen) atoms. The monoisotopic (exact) mass is 327 g/mol. The number of anilines is 2. The van der Waals surface area contributed by atoms with E-state index in [0.717, 1.165) is 36.9 Å². The molecule has 0 spiro atoms. The van der Waals surface area contributed by atoms with Crippen molar-refractivity contribution in [3.05, 3.63) is 34.1 Å². The average molecular weight is 327 g/mol. The van der Waals surface area contributed by atoms with Crippen LogP contribution in [0.15, 0.2) is 23.1 Å². The van der Waals surface area contributed by atoms with Crippen LogP contribution in [-0.4, -0.2) is 23.2 Å². The number of nitrogens with one attached hydrogen (secondary N) is 1. The molecule has 2 aromatic rings. The highest BCUT2D eigenvalue weighted by molar-refractivity contribution is 5.96. The van der Waals surface area contributed by atoms with Crippen LogP contribution in [0.2, 0.25) is 0 Å². The number of nitrogens with two attached hydrogens (primary N) is 1. The Bertz CT molecular complexity index is 879. The summed E-state index contributed by atoms with van der Waals surface area (Å²) in [5, 5.41) is 3.89. The van der Waals surface area contributed by atoms with Crippen LogP contribution >= 0.6 is 0 Å². The maximum Gasteiger partial charge on any atom is 0.343 e. The minimum atomic E-state index is -0.572. The number of fused-ring (bicyclic) bond motifs is 1. The summed E-state index contributed by atoms with van der Waals surface area (Å²) in [4.78, 5) is 24.9. The number of ether oxygens (including phenoxy) is 1. The van der Waals surface area contributed by atoms with E-state index in [1.807, 2.05) is 10.6 Å². The standard InChI is InChI=1S/C18H21N3O3/c1-2-24-18(23)13-9-21(11-5-6-11)16-8-15(20-10-3-4-10)14(19)7-12(16)17(13)22/h7-11,20H,2-6,19H2,1H3. The van der Waals surface area contributed by atoms with E-state index in [2.05, 4.69) is 5.32 Å². The summed E-state index contributed by atoms with van der Waals surface area (Å²) in [5.74, 6) is -0.572. The Morgan fingerprint density at radius 3 is 2.71 bits per heavy atom. The zero-order valence-corrected chi connectivity index (χ0v) is 13.7. The van der Waals surface area contributed by atoms with Gasteiger partial charge in [0.05, 0.1) is 23.5 Å². The number of aromatic nitrogens is 1. The molecular weight excluding hydrogens is 306 g/mol. The second-order valence-electron chi connectivity index (χ2n) is 6.61. The van der Waals surface area contributed by atoms with Gasteiger partial charge in [0.25, 0.3) is 0 Å². The fourth-order valence-electron chi connectivity index (χ4n) is 2.99. The van der Waals surface area contributed by atoms with Gasteiger partial charge in [0.2, 0.25) is 5.43 Å². The topological polar surface area (TPSA) is 86.3 Å². The predicted octanol–water partition coefficient (Wildman–Crippen LogP) is 2.67. The van der Waals surface area contributed by atoms with Crippen LogP contribution in [0.4, 0.5) is 11.4 Å². The van der Waals surface area contributed by atoms with E-state index < -0.39 is 5.97 Å². The number of nitrogen functional groups attached to an aromatic ring is 1. The van der Waals surface area contributed by atoms with Crippen LogP contribution in [0, 0.1) is 0 Å². The van der Waals surface area contributed by atoms with Gasteiger partial charge in [-0.15, -0.1) is 0 Å². The molecule has 0 bridgehead atoms. The molecule has 6 heteroatoms. The third-order valence-electron chi connectivity index (χ3n) is 4.58. The van der Waals surface area contributed by atoms with E-state index in [1.54, 1.807) is 19.2 Å². The SMILES string of the molecule is CCOC(=O)c1cn(C2CC2)c2cc(NC3CC3)c(N)cc2c1=O. The third-order valence-corrected chi connectivity index (χ3v) is 4.58. The largest absolute Gasteiger partial charge is 0.462 e. The van der Waals surface area contributed by atoms with Crippen molar-refractivity contribution in [2.45, 2.75) is 44.7 Å². The van der Waals surface area contributed by atoms with Crippen molar-refractivity contribution >= 4 is 28.2 Å². The van der Waals surface area contributed by atoms with E-state index in [0.29, 0.717) is 23.2 Å². The first kappa shape index (κ1) is 15.1. The molecule has 1 aromatic heterocycles. The Hall–Kier alpha value is -2.50. The number of hydrogen-bond donors (Lipinski definition) is 2. The molecule has 2 saturated carbocycles. The van der Waals surface area contributed by atoms with Crippen molar-refractivity contribution < 1.29 is 9.53 Å². The summed E-state index contributed by atoms with van der Waals surface area (Å²) in [5.41, 5.74) is 8.13. The van der Waals surface area contributed by atoms with Gasteiger partial charge in [0.15, 0.2) is 0 Å². The number of carbonyl (C=O) groups excluding carboxylic acids is 1. The Labute approximate surface area is 139 Å². The number of nitrogens with zero attached hydrogens (tertiary/aromatic N) is 1. The van der Waals surface area contributed by atoms with Gasteiger partial charge in [-0.3, -0.25) is 4.79 Å². The molecule has 4 rings (SSSR count). The summed E-state index contributed by atoms with van der Waals surface area (Å²) >= 11 is 0. The third kappa shape index (κ3) is 2.62. The first-order chi connectivity index (χ1) is 11.6. The lowest BCUT2D eigenvalue weighted by Crippen LogP contribution is -2.21. The lowest BCUT2D eigenvalue weighted by Gasteiger charge is -2.16. The Morgan fingerprint density at radius 1 is 1.33 bits per heavy atom. The molecule has 0 saturated heterocycles. The summed E-state index contributed by atoms with van der Waals surface area (Å²) in [6, 6.07) is 4.44. The second kappa shape index (κ2) is 5.54. The smallest absolute Gasteiger partial charge is 0.343 e. The molecule has 0 radical (unpaired) electrons. The minimum absolute atomic E-state index is 0.0820. The predicted molar refractivity (Wildman–Crippen MR) is 93.5 cm³/mol. The second-order valence-corrected chi connectivity index (χ2v) is 6.61. The molecule has 1 aromatic carbocycles. The van der Waals surface area contributed by atoms with Crippen LogP contribution in [0.1, 0.15) is 49.0 Å². The molecule has 6 nitrogen and oxygen atoms in total. The summed E-state index contributed by atoms with van der Waals surface area (Å²) in [6.45, 7) is 1.97. The van der Waals surface area contributed by atoms with Gasteiger partial charge in [0.1, 0.15) is 5.56 Å². The Morgan fingerprint density at radius 2 is 2.08 bits per heavy atom. The molecule has 0 atom stereocenters. The zero-order chi connectivity index (χ0) is 16.8. The molecular formula is C18H21N3O3. The molecule has 126 valence electrons. The number of esters is 1. The Kier molecular flexibility index (Phi) is 3.48. The summed E-state index contributed by atoms with van der Waals surface area (Å²) in [7, 11) is 0. The van der Waals surface area contributed by atoms with Gasteiger partial charge >= 0.3 is 5.97 Å². The fourth-order valence-corrected chi connectivity index (χ4v) is 2.99. The van der Waals surface area contributed by atoms with Crippen molar-refractivity contribution in [1.29, 1.82) is 0 Å². The van der Waals surface area contributed by atoms with Crippen LogP contribution in [0.25, 0.3) is 10.9 Å². The molecule has 1 heterocycles. The number of benzene rings is 1. The van der Waals surface area contributed by atoms with Crippen molar-refractivity contribution in [3.63, 3.8) is 0 Å². The lowest BCUT2D eigenvalue weighted by molar-refractivity contribution is 0.0524. The van der Waals surface area contributed by atoms with Crippen LogP contribution in [0.5, 0.6) is 0 Å². The normalized spacial score (nSPS) is 17.0. The van der Waals surface area contributed by atoms with Crippen molar-refractivity contribution in [1.82, 2.24) is 4.57 Å². The van der Waals surface area contributed by atoms with Gasteiger partial charge < -0.3 is 20.4 Å². The lowest BCUT2D eigenvalue weighted by atomic mass is 10.1. The molecule has 2 aliphatic rings. The van der Waals surface area contributed by atoms with Gasteiger partial charge in [-0.05, 0) is 44.7 Å². The van der Waals surface area contributed by atoms with E-state index >= 15 is 0 Å². The molecule has 2 fully saturated rings. The maximum absolute atomic E-state index is 12.7. The highest BCUT2D eigenvalue weighted by atomic mass is 16.5. The first-order valence-electron chi connectivity index (χ1n) is 8.50. The van der Waals surface area contributed by atoms with E-state index in [9.17, 15) is 9.59 Å². The van der Waals surface area contributed by atoms with Crippen LogP contribution < -0.4 is 16.5 Å². The Balaban J connectivity index is 1.90. The highest BCUT2D eigenvalue weighted by Crippen LogP contribution is 2.38. The van der Waals surface area contributed by atoms with E-state index in [4.69, 9.17) is 10.5 Å². The molecule has 0 amide bonds. The number of rotatable bonds is 5. The maximum atomic E-state index is 12.7. The van der Waals surface area contributed by atoms with Crippen molar-refractivity contribution in [2.75, 3.05) is 17.7 Å². The van der Waals surface area contributed by atoms with Crippen LogP contribution in [-0.2, 0) is 4.74 Å². The molecule has 0 aliphatic heterocycles. The summed E-state index contributed by atoms with van der Waals surface area (Å²) in [6.07, 6.45) is 6.05. The van der Waals surface area contributed by atoms with Gasteiger partial charge in [-0.2, -0.15) is 0 Å². The van der Waals surface area contributed by atoms with Crippen molar-refractivity contribution in [3.8, 4) is 0 Å². The molecule has 3 N–H and O–H groups in total. The van der Waals surface area contributed by atoms with Gasteiger partial charge in [0, 0.05) is 23.7 Å². The minimum Gasteiger partial charge on any atom is -0.462 e. The highest BCUT2D eigenvalue weighted by Gasteiger charge is 2.28. The average Bonchev–Trinajstić information content (AvgIpc) is 3.43. The first-order valence-corrected chi connectivity index (χ1v) is 8.50. The number of carbonyl (C=O) groups is 1. The fraction of sp³-hybridized carbons (Fsp3) is 0.444. The van der Waals surface area contributed by atoms with Gasteiger partial charge in [-0.1, -0.05) is 0 Å². The van der Waals surface area contributed by atoms with Crippen LogP contribution in [0.3, 0.4) is 0 Å². The van der Waals surface area contributed by atoms with Gasteiger partial charge in [-0.25, -0.2) is 4.79 Å². The quantitative estimate of drug-likeness (QED) is 0.651. The summed E-state index contributed by atoms with van der Waals surface area (Å²) < 4.78 is 7.06. The number of hydrogen-bond acceptors (Lipinski definition) is 5. The van der Waals surface area contributed by atoms with Crippen molar-refractivity contribution in [2.24, 2.45) is 0 Å². The number of pyridine rings is 1. The van der Waals surface area contributed by atoms with E-state index in [1.165, 1.54) is 0 Å².